The van der Waals surface area contributed by atoms with E-state index < -0.39 is 6.98 Å². The summed E-state index contributed by atoms with van der Waals surface area (Å²) in [6, 6.07) is 10.7. The van der Waals surface area contributed by atoms with Crippen LogP contribution >= 0.6 is 11.6 Å². The molecule has 7 aromatic rings. The maximum atomic E-state index is 13.8. The third-order valence-electron chi connectivity index (χ3n) is 7.13. The van der Waals surface area contributed by atoms with E-state index in [0.717, 1.165) is 22.2 Å². The van der Waals surface area contributed by atoms with Crippen molar-refractivity contribution >= 4 is 39.4 Å². The minimum Gasteiger partial charge on any atom is -0.377 e. The first-order valence-electron chi connectivity index (χ1n) is 14.2. The number of imidazole rings is 2. The molecule has 41 heavy (non-hydrogen) atoms. The fourth-order valence-electron chi connectivity index (χ4n) is 5.28. The molecule has 0 aliphatic heterocycles. The topological polar surface area (TPSA) is 125 Å². The quantitative estimate of drug-likeness (QED) is 0.306. The number of hydrogen-bond acceptors (Lipinski definition) is 8. The number of benzene rings is 1. The molecule has 1 unspecified atom stereocenters. The van der Waals surface area contributed by atoms with Crippen LogP contribution in [0.4, 0.5) is 5.69 Å². The number of hydrogen-bond donors (Lipinski definition) is 1. The molecule has 0 saturated heterocycles. The van der Waals surface area contributed by atoms with Crippen LogP contribution in [0, 0.1) is 6.92 Å². The average molecular weight is 569 g/mol. The van der Waals surface area contributed by atoms with E-state index >= 15 is 0 Å². The molecule has 6 heterocycles. The zero-order chi connectivity index (χ0) is 30.9. The summed E-state index contributed by atoms with van der Waals surface area (Å²) in [6.45, 7) is 1.29. The van der Waals surface area contributed by atoms with Crippen molar-refractivity contribution in [2.75, 3.05) is 5.32 Å². The lowest BCUT2D eigenvalue weighted by Crippen LogP contribution is -2.21. The van der Waals surface area contributed by atoms with Crippen LogP contribution in [-0.4, -0.2) is 48.5 Å². The molecule has 6 aromatic heterocycles. The van der Waals surface area contributed by atoms with E-state index in [1.54, 1.807) is 42.6 Å². The number of aryl methyl sites for hydroxylation is 3. The Kier molecular flexibility index (Phi) is 4.89. The van der Waals surface area contributed by atoms with Crippen LogP contribution in [0.25, 0.3) is 44.8 Å². The summed E-state index contributed by atoms with van der Waals surface area (Å²) in [4.78, 5) is 27.7. The number of aromatic nitrogens is 10. The van der Waals surface area contributed by atoms with E-state index in [9.17, 15) is 4.79 Å². The smallest absolute Gasteiger partial charge is 0.261 e. The molecule has 0 radical (unpaired) electrons. The van der Waals surface area contributed by atoms with E-state index in [2.05, 4.69) is 30.7 Å². The van der Waals surface area contributed by atoms with E-state index in [0.29, 0.717) is 32.7 Å². The van der Waals surface area contributed by atoms with Gasteiger partial charge in [-0.3, -0.25) is 13.8 Å². The molecule has 0 saturated carbocycles. The number of nitrogens with one attached hydrogen (secondary N) is 1. The molecule has 0 aliphatic carbocycles. The molecule has 0 fully saturated rings. The van der Waals surface area contributed by atoms with Gasteiger partial charge in [-0.05, 0) is 60.5 Å². The SMILES string of the molecule is [2H]C([2H])([2H])n1nnc(-c2nc(Cl)ccc2NC(C)c2cc(C)cc3c(=O)n(C)c4c(-c5ccc6cncn6c5)ncn4c23)n1. The van der Waals surface area contributed by atoms with E-state index in [1.807, 2.05) is 53.1 Å². The van der Waals surface area contributed by atoms with Gasteiger partial charge in [0.2, 0.25) is 5.82 Å². The van der Waals surface area contributed by atoms with Crippen LogP contribution in [0.3, 0.4) is 0 Å². The highest BCUT2D eigenvalue weighted by molar-refractivity contribution is 6.29. The zero-order valence-electron chi connectivity index (χ0n) is 25.1. The van der Waals surface area contributed by atoms with Gasteiger partial charge in [0, 0.05) is 22.9 Å². The van der Waals surface area contributed by atoms with Crippen molar-refractivity contribution in [3.63, 3.8) is 0 Å². The summed E-state index contributed by atoms with van der Waals surface area (Å²) < 4.78 is 28.2. The van der Waals surface area contributed by atoms with Crippen LogP contribution in [0.15, 0.2) is 66.2 Å². The number of rotatable bonds is 5. The summed E-state index contributed by atoms with van der Waals surface area (Å²) in [7, 11) is 1.74. The van der Waals surface area contributed by atoms with Gasteiger partial charge in [-0.15, -0.1) is 10.2 Å². The molecule has 0 amide bonds. The number of pyridine rings is 2. The Hall–Kier alpha value is -5.10. The van der Waals surface area contributed by atoms with Crippen molar-refractivity contribution in [1.29, 1.82) is 0 Å². The lowest BCUT2D eigenvalue weighted by molar-refractivity contribution is 0.630. The highest BCUT2D eigenvalue weighted by Gasteiger charge is 2.22. The third kappa shape index (κ3) is 4.02. The van der Waals surface area contributed by atoms with Gasteiger partial charge in [0.1, 0.15) is 28.5 Å². The van der Waals surface area contributed by atoms with Crippen LogP contribution in [0.5, 0.6) is 0 Å². The second-order valence-electron chi connectivity index (χ2n) is 9.84. The van der Waals surface area contributed by atoms with Gasteiger partial charge in [0.05, 0.1) is 47.6 Å². The highest BCUT2D eigenvalue weighted by atomic mass is 35.5. The summed E-state index contributed by atoms with van der Waals surface area (Å²) in [5.41, 5.74) is 6.08. The Morgan fingerprint density at radius 1 is 1.12 bits per heavy atom. The molecule has 1 atom stereocenters. The standard InChI is InChI=1S/C28H24ClN11O/c1-15-9-19(16(2)32-21-7-8-22(29)33-24(21)26-34-36-38(4)35-26)25-20(10-15)28(41)37(3)27-23(31-14-40(25)27)17-5-6-18-11-30-13-39(18)12-17/h5-14,16,32H,1-4H3/i4D3. The van der Waals surface area contributed by atoms with Crippen molar-refractivity contribution in [1.82, 2.24) is 48.5 Å². The Morgan fingerprint density at radius 2 is 2.00 bits per heavy atom. The Bertz CT molecular complexity index is 2300. The molecule has 1 N–H and O–H groups in total. The van der Waals surface area contributed by atoms with Gasteiger partial charge in [-0.2, -0.15) is 4.80 Å². The largest absolute Gasteiger partial charge is 0.377 e. The third-order valence-corrected chi connectivity index (χ3v) is 7.34. The minimum absolute atomic E-state index is 0.00204. The van der Waals surface area contributed by atoms with Crippen molar-refractivity contribution in [3.8, 4) is 22.8 Å². The first-order valence-corrected chi connectivity index (χ1v) is 13.0. The lowest BCUT2D eigenvalue weighted by Gasteiger charge is -2.21. The monoisotopic (exact) mass is 568 g/mol. The molecular formula is C28H24ClN11O. The summed E-state index contributed by atoms with van der Waals surface area (Å²) in [6.07, 6.45) is 7.15. The molecule has 204 valence electrons. The molecule has 0 bridgehead atoms. The molecular weight excluding hydrogens is 542 g/mol. The minimum atomic E-state index is -2.60. The fourth-order valence-corrected chi connectivity index (χ4v) is 5.43. The lowest BCUT2D eigenvalue weighted by atomic mass is 10.0. The van der Waals surface area contributed by atoms with Gasteiger partial charge < -0.3 is 9.72 Å². The maximum Gasteiger partial charge on any atom is 0.261 e. The predicted molar refractivity (Wildman–Crippen MR) is 156 cm³/mol. The number of halogens is 1. The zero-order valence-corrected chi connectivity index (χ0v) is 22.9. The van der Waals surface area contributed by atoms with Gasteiger partial charge in [-0.25, -0.2) is 15.0 Å². The Labute approximate surface area is 242 Å². The second kappa shape index (κ2) is 9.24. The number of nitrogens with zero attached hydrogens (tertiary/aromatic N) is 10. The van der Waals surface area contributed by atoms with Gasteiger partial charge in [0.25, 0.3) is 5.56 Å². The maximum absolute atomic E-state index is 13.8. The Morgan fingerprint density at radius 3 is 2.83 bits per heavy atom. The number of tetrazole rings is 1. The van der Waals surface area contributed by atoms with Crippen LogP contribution in [0.2, 0.25) is 5.15 Å². The highest BCUT2D eigenvalue weighted by Crippen LogP contribution is 2.33. The van der Waals surface area contributed by atoms with Gasteiger partial charge in [0.15, 0.2) is 0 Å². The van der Waals surface area contributed by atoms with Gasteiger partial charge in [-0.1, -0.05) is 17.7 Å². The van der Waals surface area contributed by atoms with Crippen LogP contribution in [-0.2, 0) is 14.0 Å². The van der Waals surface area contributed by atoms with Crippen molar-refractivity contribution in [2.24, 2.45) is 14.0 Å². The van der Waals surface area contributed by atoms with Crippen molar-refractivity contribution in [2.45, 2.75) is 19.9 Å². The van der Waals surface area contributed by atoms with E-state index in [4.69, 9.17) is 20.7 Å². The number of anilines is 1. The normalized spacial score (nSPS) is 13.9. The molecule has 7 rings (SSSR count). The summed E-state index contributed by atoms with van der Waals surface area (Å²) in [5.74, 6) is -0.00204. The van der Waals surface area contributed by atoms with E-state index in [1.165, 1.54) is 0 Å². The molecule has 0 spiro atoms. The summed E-state index contributed by atoms with van der Waals surface area (Å²) in [5, 5.41) is 15.7. The van der Waals surface area contributed by atoms with Crippen molar-refractivity contribution in [3.05, 3.63) is 88.1 Å². The van der Waals surface area contributed by atoms with Crippen LogP contribution in [0.1, 0.15) is 28.2 Å². The van der Waals surface area contributed by atoms with Crippen molar-refractivity contribution < 1.29 is 4.11 Å². The van der Waals surface area contributed by atoms with Gasteiger partial charge >= 0.3 is 0 Å². The fraction of sp³-hybridized carbons (Fsp3) is 0.179. The molecule has 0 aliphatic rings. The van der Waals surface area contributed by atoms with E-state index in [-0.39, 0.29) is 28.3 Å². The first kappa shape index (κ1) is 21.7. The second-order valence-corrected chi connectivity index (χ2v) is 10.2. The predicted octanol–water partition coefficient (Wildman–Crippen LogP) is 4.22. The Balaban J connectivity index is 1.38. The van der Waals surface area contributed by atoms with Crippen LogP contribution < -0.4 is 10.9 Å². The first-order chi connectivity index (χ1) is 21.0. The molecule has 1 aromatic carbocycles. The summed E-state index contributed by atoms with van der Waals surface area (Å²) >= 11 is 6.21. The molecule has 13 heteroatoms. The number of fused-ring (bicyclic) bond motifs is 4. The molecule has 12 nitrogen and oxygen atoms in total. The average Bonchev–Trinajstić information content (AvgIpc) is 3.75.